The van der Waals surface area contributed by atoms with Crippen LogP contribution in [0.4, 0.5) is 4.39 Å². The van der Waals surface area contributed by atoms with E-state index in [1.807, 2.05) is 6.07 Å². The summed E-state index contributed by atoms with van der Waals surface area (Å²) in [5, 5.41) is 15.6. The van der Waals surface area contributed by atoms with E-state index in [2.05, 4.69) is 16.7 Å². The van der Waals surface area contributed by atoms with Crippen molar-refractivity contribution in [3.05, 3.63) is 35.6 Å². The van der Waals surface area contributed by atoms with Gasteiger partial charge in [-0.05, 0) is 56.2 Å². The molecule has 1 saturated carbocycles. The van der Waals surface area contributed by atoms with E-state index in [-0.39, 0.29) is 24.2 Å². The van der Waals surface area contributed by atoms with Gasteiger partial charge >= 0.3 is 0 Å². The maximum absolute atomic E-state index is 13.7. The van der Waals surface area contributed by atoms with Crippen molar-refractivity contribution in [3.63, 3.8) is 0 Å². The lowest BCUT2D eigenvalue weighted by atomic mass is 9.82. The zero-order valence-corrected chi connectivity index (χ0v) is 14.5. The molecule has 1 aliphatic heterocycles. The number of carbonyl (C=O) groups is 1. The number of nitrogens with zero attached hydrogens (tertiary/aromatic N) is 1. The molecule has 2 N–H and O–H groups in total. The number of nitriles is 1. The Hall–Kier alpha value is -1.97. The normalized spacial score (nSPS) is 21.8. The minimum absolute atomic E-state index is 0.0838. The van der Waals surface area contributed by atoms with Gasteiger partial charge in [-0.25, -0.2) is 4.39 Å². The van der Waals surface area contributed by atoms with Crippen LogP contribution in [0.3, 0.4) is 0 Å². The highest BCUT2D eigenvalue weighted by Crippen LogP contribution is 2.39. The zero-order valence-electron chi connectivity index (χ0n) is 14.5. The lowest BCUT2D eigenvalue weighted by molar-refractivity contribution is -0.122. The molecule has 25 heavy (non-hydrogen) atoms. The summed E-state index contributed by atoms with van der Waals surface area (Å²) in [4.78, 5) is 12.4. The number of hydrogen-bond acceptors (Lipinski definition) is 4. The van der Waals surface area contributed by atoms with Crippen molar-refractivity contribution in [2.24, 2.45) is 5.92 Å². The maximum atomic E-state index is 13.7. The summed E-state index contributed by atoms with van der Waals surface area (Å²) in [5.41, 5.74) is -0.463. The molecule has 134 valence electrons. The molecular weight excluding hydrogens is 321 g/mol. The Labute approximate surface area is 147 Å². The van der Waals surface area contributed by atoms with Crippen LogP contribution >= 0.6 is 0 Å². The number of carbonyl (C=O) groups excluding carboxylic acids is 1. The van der Waals surface area contributed by atoms with Gasteiger partial charge in [0.1, 0.15) is 11.4 Å². The third-order valence-electron chi connectivity index (χ3n) is 5.34. The molecule has 1 aliphatic carbocycles. The molecule has 1 saturated heterocycles. The monoisotopic (exact) mass is 345 g/mol. The summed E-state index contributed by atoms with van der Waals surface area (Å²) in [5.74, 6) is -0.264. The van der Waals surface area contributed by atoms with Gasteiger partial charge in [0, 0.05) is 18.8 Å². The van der Waals surface area contributed by atoms with Gasteiger partial charge in [-0.1, -0.05) is 12.1 Å². The van der Waals surface area contributed by atoms with Crippen molar-refractivity contribution in [3.8, 4) is 6.07 Å². The van der Waals surface area contributed by atoms with E-state index in [0.717, 1.165) is 18.4 Å². The number of benzene rings is 1. The van der Waals surface area contributed by atoms with Gasteiger partial charge in [-0.15, -0.1) is 0 Å². The Kier molecular flexibility index (Phi) is 5.07. The van der Waals surface area contributed by atoms with Gasteiger partial charge < -0.3 is 10.1 Å². The highest BCUT2D eigenvalue weighted by molar-refractivity contribution is 5.79. The Morgan fingerprint density at radius 3 is 2.76 bits per heavy atom. The van der Waals surface area contributed by atoms with E-state index >= 15 is 0 Å². The molecule has 1 heterocycles. The minimum Gasteiger partial charge on any atom is -0.381 e. The van der Waals surface area contributed by atoms with E-state index in [1.165, 1.54) is 12.1 Å². The van der Waals surface area contributed by atoms with E-state index in [4.69, 9.17) is 4.74 Å². The SMILES string of the molecule is CC(C#N)(NC(=O)CNC1(c2cccc(F)c2)CCOCC1)C1CC1. The average Bonchev–Trinajstić information content (AvgIpc) is 3.46. The van der Waals surface area contributed by atoms with Crippen LogP contribution in [0.5, 0.6) is 0 Å². The van der Waals surface area contributed by atoms with E-state index in [1.54, 1.807) is 13.0 Å². The lowest BCUT2D eigenvalue weighted by Gasteiger charge is -2.39. The molecule has 1 amide bonds. The molecule has 2 fully saturated rings. The zero-order chi connectivity index (χ0) is 17.9. The number of halogens is 1. The first-order valence-electron chi connectivity index (χ1n) is 8.78. The summed E-state index contributed by atoms with van der Waals surface area (Å²) in [6, 6.07) is 8.72. The number of rotatable bonds is 6. The van der Waals surface area contributed by atoms with Gasteiger partial charge in [-0.2, -0.15) is 5.26 Å². The maximum Gasteiger partial charge on any atom is 0.235 e. The molecule has 5 nitrogen and oxygen atoms in total. The molecule has 1 aromatic rings. The molecule has 3 rings (SSSR count). The Morgan fingerprint density at radius 2 is 2.16 bits per heavy atom. The van der Waals surface area contributed by atoms with Crippen molar-refractivity contribution in [2.45, 2.75) is 43.7 Å². The molecule has 6 heteroatoms. The predicted octanol–water partition coefficient (Wildman–Crippen LogP) is 2.23. The summed E-state index contributed by atoms with van der Waals surface area (Å²) in [7, 11) is 0. The quantitative estimate of drug-likeness (QED) is 0.829. The highest BCUT2D eigenvalue weighted by atomic mass is 19.1. The number of amides is 1. The standard InChI is InChI=1S/C19H24FN3O2/c1-18(13-21,14-5-6-14)23-17(24)12-22-19(7-9-25-10-8-19)15-3-2-4-16(20)11-15/h2-4,11,14,22H,5-10,12H2,1H3,(H,23,24). The van der Waals surface area contributed by atoms with E-state index in [9.17, 15) is 14.4 Å². The first-order valence-corrected chi connectivity index (χ1v) is 8.78. The van der Waals surface area contributed by atoms with Crippen LogP contribution in [0, 0.1) is 23.1 Å². The number of ether oxygens (including phenoxy) is 1. The van der Waals surface area contributed by atoms with Crippen LogP contribution in [0.25, 0.3) is 0 Å². The molecule has 0 radical (unpaired) electrons. The van der Waals surface area contributed by atoms with Crippen LogP contribution in [0.1, 0.15) is 38.2 Å². The Morgan fingerprint density at radius 1 is 1.44 bits per heavy atom. The Balaban J connectivity index is 1.69. The first kappa shape index (κ1) is 17.8. The first-order chi connectivity index (χ1) is 12.0. The molecule has 0 aromatic heterocycles. The van der Waals surface area contributed by atoms with Crippen molar-refractivity contribution in [1.82, 2.24) is 10.6 Å². The second-order valence-corrected chi connectivity index (χ2v) is 7.19. The van der Waals surface area contributed by atoms with Gasteiger partial charge in [-0.3, -0.25) is 10.1 Å². The molecule has 0 bridgehead atoms. The third-order valence-corrected chi connectivity index (χ3v) is 5.34. The molecule has 1 unspecified atom stereocenters. The Bertz CT molecular complexity index is 677. The fourth-order valence-corrected chi connectivity index (χ4v) is 3.54. The van der Waals surface area contributed by atoms with Crippen molar-refractivity contribution >= 4 is 5.91 Å². The predicted molar refractivity (Wildman–Crippen MR) is 91.0 cm³/mol. The molecule has 1 atom stereocenters. The van der Waals surface area contributed by atoms with Crippen molar-refractivity contribution < 1.29 is 13.9 Å². The highest BCUT2D eigenvalue weighted by Gasteiger charge is 2.43. The van der Waals surface area contributed by atoms with Crippen molar-refractivity contribution in [2.75, 3.05) is 19.8 Å². The number of nitrogens with one attached hydrogen (secondary N) is 2. The van der Waals surface area contributed by atoms with Gasteiger partial charge in [0.2, 0.25) is 5.91 Å². The average molecular weight is 345 g/mol. The van der Waals surface area contributed by atoms with E-state index < -0.39 is 11.1 Å². The summed E-state index contributed by atoms with van der Waals surface area (Å²) < 4.78 is 19.1. The second-order valence-electron chi connectivity index (χ2n) is 7.19. The summed E-state index contributed by atoms with van der Waals surface area (Å²) >= 11 is 0. The van der Waals surface area contributed by atoms with Crippen LogP contribution in [-0.4, -0.2) is 31.2 Å². The van der Waals surface area contributed by atoms with Crippen LogP contribution < -0.4 is 10.6 Å². The summed E-state index contributed by atoms with van der Waals surface area (Å²) in [6.45, 7) is 2.98. The molecule has 0 spiro atoms. The second kappa shape index (κ2) is 7.11. The van der Waals surface area contributed by atoms with Crippen molar-refractivity contribution in [1.29, 1.82) is 5.26 Å². The summed E-state index contributed by atoms with van der Waals surface area (Å²) in [6.07, 6.45) is 3.29. The third kappa shape index (κ3) is 4.00. The van der Waals surface area contributed by atoms with Gasteiger partial charge in [0.05, 0.1) is 12.6 Å². The smallest absolute Gasteiger partial charge is 0.235 e. The fourth-order valence-electron chi connectivity index (χ4n) is 3.54. The van der Waals surface area contributed by atoms with Gasteiger partial charge in [0.15, 0.2) is 0 Å². The largest absolute Gasteiger partial charge is 0.381 e. The van der Waals surface area contributed by atoms with E-state index in [0.29, 0.717) is 26.1 Å². The van der Waals surface area contributed by atoms with Crippen LogP contribution in [0.15, 0.2) is 24.3 Å². The fraction of sp³-hybridized carbons (Fsp3) is 0.579. The van der Waals surface area contributed by atoms with Crippen LogP contribution in [-0.2, 0) is 15.1 Å². The molecule has 2 aliphatic rings. The van der Waals surface area contributed by atoms with Gasteiger partial charge in [0.25, 0.3) is 0 Å². The lowest BCUT2D eigenvalue weighted by Crippen LogP contribution is -2.54. The topological polar surface area (TPSA) is 74.2 Å². The molecular formula is C19H24FN3O2. The van der Waals surface area contributed by atoms with Crippen LogP contribution in [0.2, 0.25) is 0 Å². The molecule has 1 aromatic carbocycles. The number of hydrogen-bond donors (Lipinski definition) is 2. The minimum atomic E-state index is -0.805.